The summed E-state index contributed by atoms with van der Waals surface area (Å²) in [5.41, 5.74) is 0. The van der Waals surface area contributed by atoms with Crippen molar-refractivity contribution in [3.8, 4) is 0 Å². The Hall–Kier alpha value is -1.56. The highest BCUT2D eigenvalue weighted by molar-refractivity contribution is 6.04. The lowest BCUT2D eigenvalue weighted by molar-refractivity contribution is -0.144. The molecule has 0 radical (unpaired) electrons. The maximum Gasteiger partial charge on any atom is 0.174 e. The topological polar surface area (TPSA) is 94.8 Å². The largest absolute Gasteiger partial charge is 0.394 e. The minimum atomic E-state index is -1.71. The Labute approximate surface area is 208 Å². The molecule has 0 aliphatic heterocycles. The Bertz CT molecular complexity index is 593. The summed E-state index contributed by atoms with van der Waals surface area (Å²) in [5, 5.41) is 28.7. The molecule has 0 aromatic heterocycles. The third-order valence-corrected chi connectivity index (χ3v) is 6.00. The molecule has 0 fully saturated rings. The van der Waals surface area contributed by atoms with Crippen molar-refractivity contribution >= 4 is 11.6 Å². The molecule has 0 saturated heterocycles. The molecule has 0 amide bonds. The first-order valence-electron chi connectivity index (χ1n) is 13.5. The number of carbonyl (C=O) groups is 2. The van der Waals surface area contributed by atoms with E-state index in [-0.39, 0.29) is 5.78 Å². The van der Waals surface area contributed by atoms with Crippen LogP contribution in [0.25, 0.3) is 0 Å². The summed E-state index contributed by atoms with van der Waals surface area (Å²) < 4.78 is 0. The first-order valence-corrected chi connectivity index (χ1v) is 13.5. The van der Waals surface area contributed by atoms with Crippen LogP contribution < -0.4 is 0 Å². The number of hydrogen-bond acceptors (Lipinski definition) is 5. The average molecular weight is 479 g/mol. The van der Waals surface area contributed by atoms with Gasteiger partial charge in [-0.2, -0.15) is 0 Å². The molecule has 5 heteroatoms. The number of aliphatic hydroxyl groups excluding tert-OH is 3. The molecule has 0 spiro atoms. The van der Waals surface area contributed by atoms with Gasteiger partial charge in [-0.3, -0.25) is 9.59 Å². The van der Waals surface area contributed by atoms with E-state index in [1.807, 2.05) is 0 Å². The predicted molar refractivity (Wildman–Crippen MR) is 141 cm³/mol. The van der Waals surface area contributed by atoms with E-state index in [1.54, 1.807) is 0 Å². The molecule has 5 nitrogen and oxygen atoms in total. The van der Waals surface area contributed by atoms with Crippen molar-refractivity contribution < 1.29 is 24.9 Å². The van der Waals surface area contributed by atoms with E-state index in [2.05, 4.69) is 50.3 Å². The minimum absolute atomic E-state index is 0.146. The number of aliphatic hydroxyl groups is 3. The molecule has 34 heavy (non-hydrogen) atoms. The molecular formula is C29H50O5. The van der Waals surface area contributed by atoms with Crippen LogP contribution in [0.3, 0.4) is 0 Å². The third kappa shape index (κ3) is 17.0. The van der Waals surface area contributed by atoms with Gasteiger partial charge in [0, 0.05) is 6.42 Å². The van der Waals surface area contributed by atoms with Gasteiger partial charge in [0.25, 0.3) is 0 Å². The quantitative estimate of drug-likeness (QED) is 0.0949. The lowest BCUT2D eigenvalue weighted by Gasteiger charge is -2.21. The summed E-state index contributed by atoms with van der Waals surface area (Å²) in [6, 6.07) is 0. The van der Waals surface area contributed by atoms with Gasteiger partial charge >= 0.3 is 0 Å². The number of allylic oxidation sites excluding steroid dienone is 6. The normalized spacial score (nSPS) is 14.9. The van der Waals surface area contributed by atoms with Gasteiger partial charge < -0.3 is 15.3 Å². The fourth-order valence-corrected chi connectivity index (χ4v) is 3.83. The maximum absolute atomic E-state index is 12.7. The molecular weight excluding hydrogens is 428 g/mol. The number of hydrogen-bond donors (Lipinski definition) is 3. The van der Waals surface area contributed by atoms with Gasteiger partial charge in [0.1, 0.15) is 18.0 Å². The molecule has 0 aliphatic carbocycles. The molecule has 0 saturated carbocycles. The lowest BCUT2D eigenvalue weighted by atomic mass is 9.86. The van der Waals surface area contributed by atoms with Crippen LogP contribution in [0.2, 0.25) is 0 Å². The SMILES string of the molecule is CC/C=C\C/C=C\C/C=C\CCCCCCC(C(=O)CCCCCCC)C(=O)C(O)C(O)CO. The smallest absolute Gasteiger partial charge is 0.174 e. The molecule has 0 heterocycles. The van der Waals surface area contributed by atoms with Crippen molar-refractivity contribution in [1.82, 2.24) is 0 Å². The molecule has 3 atom stereocenters. The van der Waals surface area contributed by atoms with Gasteiger partial charge in [-0.25, -0.2) is 0 Å². The fraction of sp³-hybridized carbons (Fsp3) is 0.724. The van der Waals surface area contributed by atoms with Crippen LogP contribution in [0.4, 0.5) is 0 Å². The molecule has 0 aromatic rings. The van der Waals surface area contributed by atoms with Gasteiger partial charge in [0.15, 0.2) is 5.78 Å². The molecule has 0 aromatic carbocycles. The summed E-state index contributed by atoms with van der Waals surface area (Å²) in [4.78, 5) is 25.3. The molecule has 3 N–H and O–H groups in total. The van der Waals surface area contributed by atoms with E-state index in [9.17, 15) is 19.8 Å². The Morgan fingerprint density at radius 3 is 1.97 bits per heavy atom. The van der Waals surface area contributed by atoms with Gasteiger partial charge in [-0.05, 0) is 44.9 Å². The second kappa shape index (κ2) is 23.2. The van der Waals surface area contributed by atoms with Crippen LogP contribution in [-0.2, 0) is 9.59 Å². The van der Waals surface area contributed by atoms with Crippen LogP contribution in [0.5, 0.6) is 0 Å². The van der Waals surface area contributed by atoms with Crippen LogP contribution in [-0.4, -0.2) is 45.7 Å². The molecule has 0 rings (SSSR count). The number of carbonyl (C=O) groups excluding carboxylic acids is 2. The Kier molecular flexibility index (Phi) is 22.1. The van der Waals surface area contributed by atoms with Crippen molar-refractivity contribution in [2.45, 2.75) is 122 Å². The third-order valence-electron chi connectivity index (χ3n) is 6.00. The number of Topliss-reactive ketones (excluding diaryl/α,β-unsaturated/α-hetero) is 2. The summed E-state index contributed by atoms with van der Waals surface area (Å²) in [7, 11) is 0. The highest BCUT2D eigenvalue weighted by Crippen LogP contribution is 2.20. The first kappa shape index (κ1) is 32.4. The zero-order chi connectivity index (χ0) is 25.4. The van der Waals surface area contributed by atoms with Crippen LogP contribution in [0.1, 0.15) is 110 Å². The second-order valence-electron chi connectivity index (χ2n) is 9.07. The van der Waals surface area contributed by atoms with Gasteiger partial charge in [-0.1, -0.05) is 95.2 Å². The molecule has 0 aliphatic rings. The second-order valence-corrected chi connectivity index (χ2v) is 9.07. The van der Waals surface area contributed by atoms with E-state index in [0.717, 1.165) is 83.5 Å². The molecule has 3 unspecified atom stereocenters. The lowest BCUT2D eigenvalue weighted by Crippen LogP contribution is -2.42. The van der Waals surface area contributed by atoms with E-state index in [1.165, 1.54) is 0 Å². The van der Waals surface area contributed by atoms with E-state index >= 15 is 0 Å². The maximum atomic E-state index is 12.7. The Morgan fingerprint density at radius 2 is 1.32 bits per heavy atom. The zero-order valence-electron chi connectivity index (χ0n) is 21.7. The van der Waals surface area contributed by atoms with Crippen molar-refractivity contribution in [3.05, 3.63) is 36.5 Å². The summed E-state index contributed by atoms with van der Waals surface area (Å²) in [6.45, 7) is 3.56. The van der Waals surface area contributed by atoms with Gasteiger partial charge in [0.05, 0.1) is 12.5 Å². The van der Waals surface area contributed by atoms with E-state index < -0.39 is 30.5 Å². The van der Waals surface area contributed by atoms with Crippen molar-refractivity contribution in [2.24, 2.45) is 5.92 Å². The fourth-order valence-electron chi connectivity index (χ4n) is 3.83. The summed E-state index contributed by atoms with van der Waals surface area (Å²) in [6.07, 6.45) is 23.4. The van der Waals surface area contributed by atoms with Crippen LogP contribution in [0, 0.1) is 5.92 Å². The van der Waals surface area contributed by atoms with Crippen molar-refractivity contribution in [3.63, 3.8) is 0 Å². The summed E-state index contributed by atoms with van der Waals surface area (Å²) in [5.74, 6) is -1.69. The van der Waals surface area contributed by atoms with Crippen molar-refractivity contribution in [1.29, 1.82) is 0 Å². The molecule has 196 valence electrons. The van der Waals surface area contributed by atoms with Crippen molar-refractivity contribution in [2.75, 3.05) is 6.61 Å². The Morgan fingerprint density at radius 1 is 0.735 bits per heavy atom. The number of unbranched alkanes of at least 4 members (excludes halogenated alkanes) is 8. The monoisotopic (exact) mass is 478 g/mol. The predicted octanol–water partition coefficient (Wildman–Crippen LogP) is 6.01. The minimum Gasteiger partial charge on any atom is -0.394 e. The zero-order valence-corrected chi connectivity index (χ0v) is 21.7. The average Bonchev–Trinajstić information content (AvgIpc) is 2.84. The standard InChI is InChI=1S/C29H50O5/c1-3-5-7-9-10-11-12-13-14-15-16-17-19-20-22-25(28(33)29(34)27(32)24-30)26(31)23-21-18-8-6-4-2/h5,7,10-11,13-14,25,27,29-30,32,34H,3-4,6,8-9,12,15-24H2,1-2H3/b7-5-,11-10-,14-13-. The highest BCUT2D eigenvalue weighted by Gasteiger charge is 2.33. The van der Waals surface area contributed by atoms with E-state index in [4.69, 9.17) is 5.11 Å². The van der Waals surface area contributed by atoms with Gasteiger partial charge in [-0.15, -0.1) is 0 Å². The van der Waals surface area contributed by atoms with Crippen LogP contribution >= 0.6 is 0 Å². The van der Waals surface area contributed by atoms with Crippen LogP contribution in [0.15, 0.2) is 36.5 Å². The molecule has 0 bridgehead atoms. The van der Waals surface area contributed by atoms with Gasteiger partial charge in [0.2, 0.25) is 0 Å². The number of rotatable bonds is 23. The highest BCUT2D eigenvalue weighted by atomic mass is 16.4. The van der Waals surface area contributed by atoms with E-state index in [0.29, 0.717) is 12.8 Å². The number of ketones is 2. The Balaban J connectivity index is 4.33. The first-order chi connectivity index (χ1) is 16.5. The summed E-state index contributed by atoms with van der Waals surface area (Å²) >= 11 is 0.